The molecule has 9 nitrogen and oxygen atoms in total. The standard InChI is InChI=1S/C26H38N4O5/c1-29(2)13-5-12-27-24(31)15-19-9-10-21-23(35-19)16-34-22-11-8-18(14-20(22)26(33)30(21)3)28-25(32)17-6-4-7-17/h8,11,14,17,19,21,23H,4-7,9-10,12-13,15-16H2,1-3H3,(H,27,31)(H,28,32)/t19-,21+,23+/m0/s1. The zero-order valence-electron chi connectivity index (χ0n) is 21.0. The van der Waals surface area contributed by atoms with Crippen LogP contribution in [0.1, 0.15) is 55.3 Å². The Balaban J connectivity index is 1.36. The monoisotopic (exact) mass is 486 g/mol. The minimum Gasteiger partial charge on any atom is -0.490 e. The van der Waals surface area contributed by atoms with Crippen molar-refractivity contribution in [3.05, 3.63) is 23.8 Å². The summed E-state index contributed by atoms with van der Waals surface area (Å²) in [5.74, 6) is 0.392. The molecule has 1 aromatic carbocycles. The molecule has 0 spiro atoms. The van der Waals surface area contributed by atoms with Crippen molar-refractivity contribution in [1.82, 2.24) is 15.1 Å². The van der Waals surface area contributed by atoms with Gasteiger partial charge in [0.2, 0.25) is 11.8 Å². The molecule has 3 aliphatic rings. The number of likely N-dealkylation sites (N-methyl/N-ethyl adjacent to an activating group) is 1. The lowest BCUT2D eigenvalue weighted by Crippen LogP contribution is -2.54. The fraction of sp³-hybridized carbons (Fsp3) is 0.654. The Morgan fingerprint density at radius 2 is 1.97 bits per heavy atom. The fourth-order valence-corrected chi connectivity index (χ4v) is 4.92. The molecule has 4 rings (SSSR count). The van der Waals surface area contributed by atoms with Crippen LogP contribution < -0.4 is 15.4 Å². The molecular formula is C26H38N4O5. The van der Waals surface area contributed by atoms with Gasteiger partial charge in [0.15, 0.2) is 0 Å². The van der Waals surface area contributed by atoms with Gasteiger partial charge in [-0.05, 0) is 70.9 Å². The molecule has 2 aliphatic heterocycles. The molecule has 1 aromatic rings. The molecule has 0 unspecified atom stereocenters. The van der Waals surface area contributed by atoms with Crippen LogP contribution in [0.4, 0.5) is 5.69 Å². The summed E-state index contributed by atoms with van der Waals surface area (Å²) < 4.78 is 12.3. The van der Waals surface area contributed by atoms with Crippen molar-refractivity contribution in [1.29, 1.82) is 0 Å². The third kappa shape index (κ3) is 6.32. The van der Waals surface area contributed by atoms with E-state index in [-0.39, 0.29) is 41.9 Å². The number of hydrogen-bond acceptors (Lipinski definition) is 6. The molecule has 35 heavy (non-hydrogen) atoms. The number of ether oxygens (including phenoxy) is 2. The molecule has 3 atom stereocenters. The number of amides is 3. The van der Waals surface area contributed by atoms with Gasteiger partial charge in [0, 0.05) is 25.2 Å². The first-order valence-corrected chi connectivity index (χ1v) is 12.7. The van der Waals surface area contributed by atoms with Gasteiger partial charge in [-0.15, -0.1) is 0 Å². The molecule has 2 heterocycles. The first kappa shape index (κ1) is 25.4. The SMILES string of the molecule is CN(C)CCCNC(=O)C[C@@H]1CC[C@@H]2[C@@H](COc3ccc(NC(=O)C4CCC4)cc3C(=O)N2C)O1. The van der Waals surface area contributed by atoms with Gasteiger partial charge in [0.1, 0.15) is 18.5 Å². The molecular weight excluding hydrogens is 448 g/mol. The number of carbonyl (C=O) groups is 3. The van der Waals surface area contributed by atoms with Crippen LogP contribution in [0.2, 0.25) is 0 Å². The molecule has 1 saturated heterocycles. The smallest absolute Gasteiger partial charge is 0.257 e. The summed E-state index contributed by atoms with van der Waals surface area (Å²) >= 11 is 0. The van der Waals surface area contributed by atoms with Crippen molar-refractivity contribution < 1.29 is 23.9 Å². The first-order valence-electron chi connectivity index (χ1n) is 12.7. The Morgan fingerprint density at radius 1 is 1.17 bits per heavy atom. The maximum atomic E-state index is 13.3. The minimum atomic E-state index is -0.310. The average Bonchev–Trinajstić information content (AvgIpc) is 2.78. The highest BCUT2D eigenvalue weighted by molar-refractivity contribution is 6.00. The Bertz CT molecular complexity index is 932. The molecule has 192 valence electrons. The van der Waals surface area contributed by atoms with E-state index >= 15 is 0 Å². The Kier molecular flexibility index (Phi) is 8.28. The van der Waals surface area contributed by atoms with E-state index in [1.807, 2.05) is 14.1 Å². The predicted molar refractivity (Wildman–Crippen MR) is 132 cm³/mol. The second kappa shape index (κ2) is 11.4. The van der Waals surface area contributed by atoms with E-state index in [1.54, 1.807) is 30.1 Å². The zero-order valence-corrected chi connectivity index (χ0v) is 21.0. The first-order chi connectivity index (χ1) is 16.8. The van der Waals surface area contributed by atoms with Crippen LogP contribution in [0, 0.1) is 5.92 Å². The Labute approximate surface area is 207 Å². The van der Waals surface area contributed by atoms with Crippen molar-refractivity contribution in [3.63, 3.8) is 0 Å². The number of carbonyl (C=O) groups excluding carboxylic acids is 3. The van der Waals surface area contributed by atoms with Crippen LogP contribution in [-0.2, 0) is 14.3 Å². The summed E-state index contributed by atoms with van der Waals surface area (Å²) in [6.07, 6.45) is 5.08. The van der Waals surface area contributed by atoms with Crippen molar-refractivity contribution >= 4 is 23.4 Å². The molecule has 9 heteroatoms. The lowest BCUT2D eigenvalue weighted by atomic mass is 9.85. The van der Waals surface area contributed by atoms with Crippen LogP contribution in [0.25, 0.3) is 0 Å². The summed E-state index contributed by atoms with van der Waals surface area (Å²) in [7, 11) is 5.81. The normalized spacial score (nSPS) is 24.4. The third-order valence-electron chi connectivity index (χ3n) is 7.27. The van der Waals surface area contributed by atoms with Crippen molar-refractivity contribution in [2.45, 2.75) is 63.2 Å². The van der Waals surface area contributed by atoms with E-state index in [1.165, 1.54) is 0 Å². The van der Waals surface area contributed by atoms with Crippen molar-refractivity contribution in [2.24, 2.45) is 5.92 Å². The minimum absolute atomic E-state index is 0.00905. The highest BCUT2D eigenvalue weighted by Gasteiger charge is 2.39. The molecule has 0 bridgehead atoms. The van der Waals surface area contributed by atoms with E-state index in [0.717, 1.165) is 38.6 Å². The van der Waals surface area contributed by atoms with Crippen LogP contribution in [0.3, 0.4) is 0 Å². The van der Waals surface area contributed by atoms with Gasteiger partial charge in [-0.25, -0.2) is 0 Å². The number of rotatable bonds is 8. The van der Waals surface area contributed by atoms with Crippen molar-refractivity contribution in [2.75, 3.05) is 46.2 Å². The number of nitrogens with zero attached hydrogens (tertiary/aromatic N) is 2. The van der Waals surface area contributed by atoms with Crippen LogP contribution in [-0.4, -0.2) is 86.6 Å². The van der Waals surface area contributed by atoms with Gasteiger partial charge in [-0.1, -0.05) is 6.42 Å². The number of anilines is 1. The van der Waals surface area contributed by atoms with Gasteiger partial charge < -0.3 is 29.9 Å². The predicted octanol–water partition coefficient (Wildman–Crippen LogP) is 2.26. The zero-order chi connectivity index (χ0) is 24.9. The number of benzene rings is 1. The largest absolute Gasteiger partial charge is 0.490 e. The summed E-state index contributed by atoms with van der Waals surface area (Å²) in [4.78, 5) is 41.9. The van der Waals surface area contributed by atoms with Gasteiger partial charge in [-0.2, -0.15) is 0 Å². The fourth-order valence-electron chi connectivity index (χ4n) is 4.92. The molecule has 2 fully saturated rings. The quantitative estimate of drug-likeness (QED) is 0.547. The Morgan fingerprint density at radius 3 is 2.69 bits per heavy atom. The second-order valence-corrected chi connectivity index (χ2v) is 10.2. The highest BCUT2D eigenvalue weighted by Crippen LogP contribution is 2.33. The summed E-state index contributed by atoms with van der Waals surface area (Å²) in [6, 6.07) is 5.08. The van der Waals surface area contributed by atoms with Gasteiger partial charge in [0.05, 0.1) is 24.1 Å². The average molecular weight is 487 g/mol. The van der Waals surface area contributed by atoms with Crippen LogP contribution >= 0.6 is 0 Å². The van der Waals surface area contributed by atoms with Crippen molar-refractivity contribution in [3.8, 4) is 5.75 Å². The topological polar surface area (TPSA) is 100 Å². The molecule has 3 amide bonds. The maximum Gasteiger partial charge on any atom is 0.257 e. The molecule has 0 aromatic heterocycles. The molecule has 1 saturated carbocycles. The van der Waals surface area contributed by atoms with Gasteiger partial charge >= 0.3 is 0 Å². The summed E-state index contributed by atoms with van der Waals surface area (Å²) in [5, 5.41) is 5.91. The van der Waals surface area contributed by atoms with Gasteiger partial charge in [-0.3, -0.25) is 14.4 Å². The maximum absolute atomic E-state index is 13.3. The number of fused-ring (bicyclic) bond motifs is 2. The second-order valence-electron chi connectivity index (χ2n) is 10.2. The van der Waals surface area contributed by atoms with E-state index < -0.39 is 0 Å². The lowest BCUT2D eigenvalue weighted by molar-refractivity contribution is -0.134. The van der Waals surface area contributed by atoms with Crippen LogP contribution in [0.5, 0.6) is 5.75 Å². The van der Waals surface area contributed by atoms with Crippen LogP contribution in [0.15, 0.2) is 18.2 Å². The summed E-state index contributed by atoms with van der Waals surface area (Å²) in [6.45, 7) is 1.87. The molecule has 1 aliphatic carbocycles. The third-order valence-corrected chi connectivity index (χ3v) is 7.27. The summed E-state index contributed by atoms with van der Waals surface area (Å²) in [5.41, 5.74) is 1.05. The molecule has 2 N–H and O–H groups in total. The lowest BCUT2D eigenvalue weighted by Gasteiger charge is -2.42. The number of nitrogens with one attached hydrogen (secondary N) is 2. The van der Waals surface area contributed by atoms with E-state index in [0.29, 0.717) is 43.0 Å². The number of hydrogen-bond donors (Lipinski definition) is 2. The highest BCUT2D eigenvalue weighted by atomic mass is 16.5. The van der Waals surface area contributed by atoms with E-state index in [9.17, 15) is 14.4 Å². The van der Waals surface area contributed by atoms with Gasteiger partial charge in [0.25, 0.3) is 5.91 Å². The molecule has 0 radical (unpaired) electrons. The Hall–Kier alpha value is -2.65. The van der Waals surface area contributed by atoms with E-state index in [2.05, 4.69) is 15.5 Å². The van der Waals surface area contributed by atoms with E-state index in [4.69, 9.17) is 9.47 Å².